The van der Waals surface area contributed by atoms with E-state index in [0.29, 0.717) is 17.5 Å². The third-order valence-corrected chi connectivity index (χ3v) is 4.55. The van der Waals surface area contributed by atoms with E-state index in [0.717, 1.165) is 0 Å². The number of hydrogen-bond acceptors (Lipinski definition) is 1. The maximum atomic E-state index is 3.76. The van der Waals surface area contributed by atoms with Crippen LogP contribution in [0.4, 0.5) is 0 Å². The van der Waals surface area contributed by atoms with Gasteiger partial charge in [0.1, 0.15) is 0 Å². The highest BCUT2D eigenvalue weighted by atomic mass is 79.9. The van der Waals surface area contributed by atoms with E-state index in [1.54, 1.807) is 0 Å². The highest BCUT2D eigenvalue weighted by molar-refractivity contribution is 9.10. The van der Waals surface area contributed by atoms with Gasteiger partial charge >= 0.3 is 0 Å². The number of nitrogens with one attached hydrogen (secondary N) is 1. The fourth-order valence-corrected chi connectivity index (χ4v) is 3.48. The van der Waals surface area contributed by atoms with Crippen molar-refractivity contribution in [1.82, 2.24) is 5.32 Å². The fourth-order valence-electron chi connectivity index (χ4n) is 2.85. The molecule has 2 atom stereocenters. The zero-order chi connectivity index (χ0) is 12.5. The molecule has 1 N–H and O–H groups in total. The average molecular weight is 296 g/mol. The van der Waals surface area contributed by atoms with Crippen LogP contribution in [0.2, 0.25) is 0 Å². The van der Waals surface area contributed by atoms with Crippen LogP contribution in [0, 0.1) is 5.41 Å². The van der Waals surface area contributed by atoms with Crippen LogP contribution in [-0.4, -0.2) is 6.04 Å². The summed E-state index contributed by atoms with van der Waals surface area (Å²) in [6.45, 7) is 7.00. The van der Waals surface area contributed by atoms with Gasteiger partial charge in [0.25, 0.3) is 0 Å². The molecule has 0 radical (unpaired) electrons. The molecular weight excluding hydrogens is 274 g/mol. The lowest BCUT2D eigenvalue weighted by Crippen LogP contribution is -2.30. The van der Waals surface area contributed by atoms with E-state index in [4.69, 9.17) is 0 Å². The molecular formula is C15H22BrN. The molecule has 0 amide bonds. The first kappa shape index (κ1) is 13.1. The van der Waals surface area contributed by atoms with Crippen LogP contribution in [0.5, 0.6) is 0 Å². The van der Waals surface area contributed by atoms with Gasteiger partial charge in [0.2, 0.25) is 0 Å². The van der Waals surface area contributed by atoms with Gasteiger partial charge in [-0.15, -0.1) is 0 Å². The van der Waals surface area contributed by atoms with Crippen molar-refractivity contribution in [2.75, 3.05) is 0 Å². The summed E-state index contributed by atoms with van der Waals surface area (Å²) in [5, 5.41) is 3.76. The Morgan fingerprint density at radius 3 is 2.65 bits per heavy atom. The molecule has 0 heterocycles. The summed E-state index contributed by atoms with van der Waals surface area (Å²) in [6, 6.07) is 9.58. The second-order valence-electron chi connectivity index (χ2n) is 6.01. The molecule has 0 spiro atoms. The molecule has 0 aliphatic heterocycles. The Morgan fingerprint density at radius 1 is 1.35 bits per heavy atom. The summed E-state index contributed by atoms with van der Waals surface area (Å²) in [5.74, 6) is 0. The first-order valence-corrected chi connectivity index (χ1v) is 7.28. The second kappa shape index (κ2) is 5.11. The normalized spacial score (nSPS) is 24.8. The van der Waals surface area contributed by atoms with Crippen molar-refractivity contribution in [3.63, 3.8) is 0 Å². The van der Waals surface area contributed by atoms with Crippen molar-refractivity contribution in [1.29, 1.82) is 0 Å². The van der Waals surface area contributed by atoms with E-state index in [1.807, 2.05) is 0 Å². The van der Waals surface area contributed by atoms with Crippen molar-refractivity contribution >= 4 is 15.9 Å². The molecule has 17 heavy (non-hydrogen) atoms. The summed E-state index contributed by atoms with van der Waals surface area (Å²) >= 11 is 3.63. The molecule has 1 fully saturated rings. The summed E-state index contributed by atoms with van der Waals surface area (Å²) in [5.41, 5.74) is 1.88. The number of halogens is 1. The van der Waals surface area contributed by atoms with Crippen LogP contribution in [0.3, 0.4) is 0 Å². The first-order chi connectivity index (χ1) is 7.98. The van der Waals surface area contributed by atoms with Gasteiger partial charge < -0.3 is 5.32 Å². The Balaban J connectivity index is 1.99. The van der Waals surface area contributed by atoms with Gasteiger partial charge in [0.15, 0.2) is 0 Å². The molecule has 0 saturated heterocycles. The molecule has 1 nitrogen and oxygen atoms in total. The largest absolute Gasteiger partial charge is 0.307 e. The molecule has 0 aromatic heterocycles. The van der Waals surface area contributed by atoms with Crippen molar-refractivity contribution in [2.24, 2.45) is 5.41 Å². The second-order valence-corrected chi connectivity index (χ2v) is 6.87. The van der Waals surface area contributed by atoms with Crippen molar-refractivity contribution in [3.8, 4) is 0 Å². The molecule has 1 unspecified atom stereocenters. The number of benzene rings is 1. The average Bonchev–Trinajstić information content (AvgIpc) is 2.58. The summed E-state index contributed by atoms with van der Waals surface area (Å²) in [7, 11) is 0. The number of rotatable bonds is 3. The van der Waals surface area contributed by atoms with E-state index in [1.165, 1.54) is 29.3 Å². The zero-order valence-corrected chi connectivity index (χ0v) is 12.5. The van der Waals surface area contributed by atoms with Crippen molar-refractivity contribution in [2.45, 2.75) is 52.1 Å². The summed E-state index contributed by atoms with van der Waals surface area (Å²) in [6.07, 6.45) is 3.94. The van der Waals surface area contributed by atoms with Gasteiger partial charge in [-0.25, -0.2) is 0 Å². The van der Waals surface area contributed by atoms with E-state index < -0.39 is 0 Å². The summed E-state index contributed by atoms with van der Waals surface area (Å²) in [4.78, 5) is 0. The Kier molecular flexibility index (Phi) is 3.94. The maximum absolute atomic E-state index is 3.76. The fraction of sp³-hybridized carbons (Fsp3) is 0.600. The first-order valence-electron chi connectivity index (χ1n) is 6.48. The smallest absolute Gasteiger partial charge is 0.0305 e. The molecule has 94 valence electrons. The molecule has 0 bridgehead atoms. The third-order valence-electron chi connectivity index (χ3n) is 3.83. The van der Waals surface area contributed by atoms with E-state index in [2.05, 4.69) is 66.3 Å². The van der Waals surface area contributed by atoms with Gasteiger partial charge in [-0.05, 0) is 43.2 Å². The quantitative estimate of drug-likeness (QED) is 0.854. The van der Waals surface area contributed by atoms with E-state index >= 15 is 0 Å². The minimum atomic E-state index is 0.421. The van der Waals surface area contributed by atoms with Gasteiger partial charge in [0.05, 0.1) is 0 Å². The summed E-state index contributed by atoms with van der Waals surface area (Å²) < 4.78 is 1.21. The predicted molar refractivity (Wildman–Crippen MR) is 77.1 cm³/mol. The molecule has 1 aliphatic rings. The lowest BCUT2D eigenvalue weighted by atomic mass is 9.91. The van der Waals surface area contributed by atoms with Gasteiger partial charge in [0, 0.05) is 16.6 Å². The highest BCUT2D eigenvalue weighted by Gasteiger charge is 2.31. The minimum Gasteiger partial charge on any atom is -0.307 e. The van der Waals surface area contributed by atoms with Crippen LogP contribution in [0.1, 0.15) is 51.6 Å². The third kappa shape index (κ3) is 3.32. The molecule has 1 aromatic rings. The van der Waals surface area contributed by atoms with Crippen LogP contribution < -0.4 is 5.32 Å². The lowest BCUT2D eigenvalue weighted by Gasteiger charge is -2.22. The standard InChI is InChI=1S/C15H22BrN/c1-11(13-6-4-5-7-14(13)16)17-12-8-9-15(2,3)10-12/h4-7,11-12,17H,8-10H2,1-3H3/t11-,12?/m1/s1. The van der Waals surface area contributed by atoms with E-state index in [-0.39, 0.29) is 0 Å². The predicted octanol–water partition coefficient (Wildman–Crippen LogP) is 4.68. The van der Waals surface area contributed by atoms with Crippen molar-refractivity contribution in [3.05, 3.63) is 34.3 Å². The Bertz CT molecular complexity index is 386. The molecule has 1 aliphatic carbocycles. The van der Waals surface area contributed by atoms with Gasteiger partial charge in [-0.3, -0.25) is 0 Å². The molecule has 2 heteroatoms. The highest BCUT2D eigenvalue weighted by Crippen LogP contribution is 2.38. The number of hydrogen-bond donors (Lipinski definition) is 1. The van der Waals surface area contributed by atoms with E-state index in [9.17, 15) is 0 Å². The maximum Gasteiger partial charge on any atom is 0.0305 e. The topological polar surface area (TPSA) is 12.0 Å². The molecule has 1 aromatic carbocycles. The zero-order valence-electron chi connectivity index (χ0n) is 11.0. The molecule has 1 saturated carbocycles. The van der Waals surface area contributed by atoms with Gasteiger partial charge in [-0.2, -0.15) is 0 Å². The minimum absolute atomic E-state index is 0.421. The SMILES string of the molecule is C[C@@H](NC1CCC(C)(C)C1)c1ccccc1Br. The van der Waals surface area contributed by atoms with Crippen LogP contribution in [0.25, 0.3) is 0 Å². The Hall–Kier alpha value is -0.340. The van der Waals surface area contributed by atoms with Crippen LogP contribution in [0.15, 0.2) is 28.7 Å². The Morgan fingerprint density at radius 2 is 2.06 bits per heavy atom. The van der Waals surface area contributed by atoms with Crippen LogP contribution >= 0.6 is 15.9 Å². The van der Waals surface area contributed by atoms with Gasteiger partial charge in [-0.1, -0.05) is 48.0 Å². The van der Waals surface area contributed by atoms with Crippen molar-refractivity contribution < 1.29 is 0 Å². The van der Waals surface area contributed by atoms with Crippen LogP contribution in [-0.2, 0) is 0 Å². The monoisotopic (exact) mass is 295 g/mol. The Labute approximate surface area is 113 Å². The lowest BCUT2D eigenvalue weighted by molar-refractivity contribution is 0.356. The molecule has 2 rings (SSSR count).